The smallest absolute Gasteiger partial charge is 0.238 e. The molecule has 1 aliphatic carbocycles. The van der Waals surface area contributed by atoms with Crippen LogP contribution in [0.25, 0.3) is 27.6 Å². The lowest BCUT2D eigenvalue weighted by molar-refractivity contribution is -0.115. The second-order valence-corrected chi connectivity index (χ2v) is 13.6. The molecule has 2 aromatic heterocycles. The number of nitrogens with two attached hydrogens (primary N) is 1. The van der Waals surface area contributed by atoms with Crippen molar-refractivity contribution in [2.24, 2.45) is 5.14 Å². The fourth-order valence-corrected chi connectivity index (χ4v) is 6.82. The van der Waals surface area contributed by atoms with Crippen molar-refractivity contribution in [2.75, 3.05) is 5.32 Å². The number of sulfonamides is 1. The lowest BCUT2D eigenvalue weighted by atomic mass is 9.99. The number of imidazole rings is 1. The van der Waals surface area contributed by atoms with Gasteiger partial charge < -0.3 is 5.32 Å². The number of nitrogens with one attached hydrogen (secondary N) is 1. The number of benzene rings is 3. The predicted octanol–water partition coefficient (Wildman–Crippen LogP) is 6.03. The SMILES string of the molecule is CC(Sc1nc2cnc(Cl)nc2n1-c1ccc(C2CC2)c2ccccc12)C(=O)Nc1ccc(S(N)(=O)=O)cc1Br. The molecule has 0 spiro atoms. The largest absolute Gasteiger partial charge is 0.324 e. The van der Waals surface area contributed by atoms with E-state index in [0.717, 1.165) is 11.1 Å². The Morgan fingerprint density at radius 3 is 2.60 bits per heavy atom. The van der Waals surface area contributed by atoms with E-state index >= 15 is 0 Å². The third kappa shape index (κ3) is 5.21. The van der Waals surface area contributed by atoms with Crippen LogP contribution in [0, 0.1) is 0 Å². The lowest BCUT2D eigenvalue weighted by Crippen LogP contribution is -2.23. The number of hydrogen-bond acceptors (Lipinski definition) is 7. The zero-order chi connectivity index (χ0) is 28.2. The fourth-order valence-electron chi connectivity index (χ4n) is 4.60. The molecule has 204 valence electrons. The van der Waals surface area contributed by atoms with Crippen molar-refractivity contribution in [1.82, 2.24) is 19.5 Å². The monoisotopic (exact) mass is 656 g/mol. The van der Waals surface area contributed by atoms with E-state index in [2.05, 4.69) is 55.5 Å². The third-order valence-corrected chi connectivity index (χ3v) is 9.51. The Balaban J connectivity index is 1.37. The van der Waals surface area contributed by atoms with Crippen LogP contribution in [0.1, 0.15) is 31.2 Å². The molecule has 1 unspecified atom stereocenters. The molecule has 0 saturated heterocycles. The Morgan fingerprint density at radius 1 is 1.15 bits per heavy atom. The second kappa shape index (κ2) is 10.4. The summed E-state index contributed by atoms with van der Waals surface area (Å²) in [6.07, 6.45) is 3.95. The molecule has 0 radical (unpaired) electrons. The Labute approximate surface area is 247 Å². The van der Waals surface area contributed by atoms with Crippen molar-refractivity contribution in [1.29, 1.82) is 0 Å². The van der Waals surface area contributed by atoms with E-state index in [1.54, 1.807) is 13.1 Å². The molecule has 9 nitrogen and oxygen atoms in total. The highest BCUT2D eigenvalue weighted by Gasteiger charge is 2.27. The van der Waals surface area contributed by atoms with E-state index in [0.29, 0.717) is 32.4 Å². The van der Waals surface area contributed by atoms with Crippen LogP contribution in [0.4, 0.5) is 5.69 Å². The van der Waals surface area contributed by atoms with Crippen LogP contribution in [0.2, 0.25) is 5.28 Å². The zero-order valence-corrected chi connectivity index (χ0v) is 25.0. The maximum Gasteiger partial charge on any atom is 0.238 e. The predicted molar refractivity (Wildman–Crippen MR) is 161 cm³/mol. The van der Waals surface area contributed by atoms with Gasteiger partial charge in [0.2, 0.25) is 21.2 Å². The van der Waals surface area contributed by atoms with Crippen molar-refractivity contribution < 1.29 is 13.2 Å². The first-order chi connectivity index (χ1) is 19.1. The van der Waals surface area contributed by atoms with Crippen LogP contribution in [-0.2, 0) is 14.8 Å². The third-order valence-electron chi connectivity index (χ3n) is 6.71. The van der Waals surface area contributed by atoms with Gasteiger partial charge in [0.25, 0.3) is 0 Å². The van der Waals surface area contributed by atoms with E-state index in [1.165, 1.54) is 53.8 Å². The van der Waals surface area contributed by atoms with E-state index in [4.69, 9.17) is 21.7 Å². The summed E-state index contributed by atoms with van der Waals surface area (Å²) in [6.45, 7) is 1.77. The van der Waals surface area contributed by atoms with Gasteiger partial charge in [-0.3, -0.25) is 9.36 Å². The number of anilines is 1. The molecule has 0 aliphatic heterocycles. The quantitative estimate of drug-likeness (QED) is 0.161. The highest BCUT2D eigenvalue weighted by Crippen LogP contribution is 2.44. The topological polar surface area (TPSA) is 133 Å². The Hall–Kier alpha value is -3.03. The summed E-state index contributed by atoms with van der Waals surface area (Å²) in [7, 11) is -3.87. The first-order valence-corrected chi connectivity index (χ1v) is 15.9. The number of hydrogen-bond donors (Lipinski definition) is 2. The van der Waals surface area contributed by atoms with Crippen molar-refractivity contribution in [3.63, 3.8) is 0 Å². The Kier molecular flexibility index (Phi) is 7.07. The van der Waals surface area contributed by atoms with E-state index in [-0.39, 0.29) is 16.1 Å². The van der Waals surface area contributed by atoms with E-state index in [1.807, 2.05) is 16.7 Å². The highest BCUT2D eigenvalue weighted by atomic mass is 79.9. The van der Waals surface area contributed by atoms with Crippen LogP contribution in [0.15, 0.2) is 75.3 Å². The van der Waals surface area contributed by atoms with Gasteiger partial charge in [0.1, 0.15) is 5.52 Å². The summed E-state index contributed by atoms with van der Waals surface area (Å²) in [5, 5.41) is 10.4. The maximum absolute atomic E-state index is 13.2. The van der Waals surface area contributed by atoms with Gasteiger partial charge in [-0.25, -0.2) is 23.5 Å². The van der Waals surface area contributed by atoms with Gasteiger partial charge in [-0.2, -0.15) is 4.98 Å². The Bertz CT molecular complexity index is 1930. The summed E-state index contributed by atoms with van der Waals surface area (Å²) in [5.41, 5.74) is 3.72. The number of carbonyl (C=O) groups excluding carboxylic acids is 1. The molecule has 1 aliphatic rings. The molecule has 40 heavy (non-hydrogen) atoms. The fraction of sp³-hybridized carbons (Fsp3) is 0.185. The molecule has 2 heterocycles. The molecule has 6 rings (SSSR count). The molecule has 5 aromatic rings. The number of primary sulfonamides is 1. The number of rotatable bonds is 7. The van der Waals surface area contributed by atoms with Gasteiger partial charge in [-0.15, -0.1) is 0 Å². The van der Waals surface area contributed by atoms with Crippen LogP contribution >= 0.6 is 39.3 Å². The zero-order valence-electron chi connectivity index (χ0n) is 21.0. The molecule has 1 fully saturated rings. The molecule has 1 saturated carbocycles. The molecule has 1 atom stereocenters. The number of fused-ring (bicyclic) bond motifs is 2. The summed E-state index contributed by atoms with van der Waals surface area (Å²) in [6, 6.07) is 16.7. The van der Waals surface area contributed by atoms with Crippen molar-refractivity contribution >= 4 is 82.8 Å². The van der Waals surface area contributed by atoms with Crippen molar-refractivity contribution in [3.05, 3.63) is 76.1 Å². The number of carbonyl (C=O) groups is 1. The number of amides is 1. The summed E-state index contributed by atoms with van der Waals surface area (Å²) < 4.78 is 25.6. The number of aromatic nitrogens is 4. The van der Waals surface area contributed by atoms with E-state index < -0.39 is 15.3 Å². The van der Waals surface area contributed by atoms with Crippen LogP contribution in [0.5, 0.6) is 0 Å². The summed E-state index contributed by atoms with van der Waals surface area (Å²) in [5.74, 6) is 0.275. The van der Waals surface area contributed by atoms with Gasteiger partial charge in [0.05, 0.1) is 27.7 Å². The molecule has 1 amide bonds. The van der Waals surface area contributed by atoms with Crippen molar-refractivity contribution in [3.8, 4) is 5.69 Å². The second-order valence-electron chi connectivity index (χ2n) is 9.51. The van der Waals surface area contributed by atoms with Gasteiger partial charge in [0.15, 0.2) is 10.8 Å². The molecule has 3 aromatic carbocycles. The molecular formula is C27H22BrClN6O3S2. The van der Waals surface area contributed by atoms with E-state index in [9.17, 15) is 13.2 Å². The van der Waals surface area contributed by atoms with Gasteiger partial charge in [-0.1, -0.05) is 42.1 Å². The van der Waals surface area contributed by atoms with Crippen LogP contribution in [-0.4, -0.2) is 39.1 Å². The minimum absolute atomic E-state index is 0.0618. The van der Waals surface area contributed by atoms with Crippen LogP contribution < -0.4 is 10.5 Å². The summed E-state index contributed by atoms with van der Waals surface area (Å²) in [4.78, 5) is 26.5. The minimum atomic E-state index is -3.87. The molecular weight excluding hydrogens is 636 g/mol. The first-order valence-electron chi connectivity index (χ1n) is 12.3. The first kappa shape index (κ1) is 27.2. The highest BCUT2D eigenvalue weighted by molar-refractivity contribution is 9.10. The minimum Gasteiger partial charge on any atom is -0.324 e. The average Bonchev–Trinajstić information content (AvgIpc) is 3.70. The molecule has 3 N–H and O–H groups in total. The number of nitrogens with zero attached hydrogens (tertiary/aromatic N) is 4. The lowest BCUT2D eigenvalue weighted by Gasteiger charge is -2.16. The van der Waals surface area contributed by atoms with Gasteiger partial charge >= 0.3 is 0 Å². The van der Waals surface area contributed by atoms with Crippen molar-refractivity contribution in [2.45, 2.75) is 41.0 Å². The summed E-state index contributed by atoms with van der Waals surface area (Å²) >= 11 is 10.8. The van der Waals surface area contributed by atoms with Crippen LogP contribution in [0.3, 0.4) is 0 Å². The maximum atomic E-state index is 13.2. The van der Waals surface area contributed by atoms with Gasteiger partial charge in [0, 0.05) is 9.86 Å². The average molecular weight is 658 g/mol. The number of halogens is 2. The van der Waals surface area contributed by atoms with Gasteiger partial charge in [-0.05, 0) is 88.4 Å². The number of thioether (sulfide) groups is 1. The molecule has 0 bridgehead atoms. The standard InChI is InChI=1S/C27H22BrClN6O3S2/c1-14(25(36)32-21-10-8-16(12-20(21)28)40(30,37)38)39-27-33-22-13-31-26(29)34-24(22)35(27)23-11-9-17(15-6-7-15)18-4-2-3-5-19(18)23/h2-5,8-15H,6-7H2,1H3,(H,32,36)(H2,30,37,38). The Morgan fingerprint density at radius 2 is 1.90 bits per heavy atom. The normalized spacial score (nSPS) is 14.5. The molecule has 13 heteroatoms.